The highest BCUT2D eigenvalue weighted by Crippen LogP contribution is 2.44. The lowest BCUT2D eigenvalue weighted by atomic mass is 9.88. The number of nitrogens with one attached hydrogen (secondary N) is 1. The molecule has 1 N–H and O–H groups in total. The normalized spacial score (nSPS) is 20.1. The van der Waals surface area contributed by atoms with E-state index in [0.717, 1.165) is 23.5 Å². The molecule has 150 valence electrons. The van der Waals surface area contributed by atoms with Gasteiger partial charge in [0.05, 0.1) is 6.61 Å². The van der Waals surface area contributed by atoms with Gasteiger partial charge in [-0.25, -0.2) is 0 Å². The minimum Gasteiger partial charge on any atom is -0.485 e. The second kappa shape index (κ2) is 8.80. The van der Waals surface area contributed by atoms with E-state index in [1.807, 2.05) is 26.8 Å². The van der Waals surface area contributed by atoms with Crippen molar-refractivity contribution in [3.05, 3.63) is 71.8 Å². The van der Waals surface area contributed by atoms with Gasteiger partial charge in [-0.15, -0.1) is 6.58 Å². The first-order chi connectivity index (χ1) is 13.4. The number of benzene rings is 2. The maximum atomic E-state index is 6.27. The van der Waals surface area contributed by atoms with Gasteiger partial charge in [0.1, 0.15) is 23.6 Å². The van der Waals surface area contributed by atoms with Crippen LogP contribution in [0, 0.1) is 6.92 Å². The van der Waals surface area contributed by atoms with Crippen molar-refractivity contribution in [2.75, 3.05) is 18.5 Å². The fraction of sp³-hybridized carbons (Fsp3) is 0.417. The van der Waals surface area contributed by atoms with Crippen molar-refractivity contribution in [3.63, 3.8) is 0 Å². The molecule has 0 saturated heterocycles. The van der Waals surface area contributed by atoms with Crippen LogP contribution in [0.3, 0.4) is 0 Å². The Labute approximate surface area is 168 Å². The molecule has 0 aliphatic carbocycles. The molecule has 0 fully saturated rings. The van der Waals surface area contributed by atoms with Crippen molar-refractivity contribution in [2.24, 2.45) is 0 Å². The third kappa shape index (κ3) is 4.57. The second-order valence-corrected chi connectivity index (χ2v) is 7.72. The molecule has 3 rings (SSSR count). The zero-order chi connectivity index (χ0) is 20.1. The maximum Gasteiger partial charge on any atom is 0.132 e. The zero-order valence-electron chi connectivity index (χ0n) is 17.3. The van der Waals surface area contributed by atoms with Crippen molar-refractivity contribution in [2.45, 2.75) is 52.0 Å². The summed E-state index contributed by atoms with van der Waals surface area (Å²) in [7, 11) is 0. The largest absolute Gasteiger partial charge is 0.485 e. The van der Waals surface area contributed by atoms with Gasteiger partial charge in [0.15, 0.2) is 0 Å². The first kappa shape index (κ1) is 20.4. The third-order valence-corrected chi connectivity index (χ3v) is 5.01. The van der Waals surface area contributed by atoms with E-state index >= 15 is 0 Å². The van der Waals surface area contributed by atoms with E-state index in [0.29, 0.717) is 13.2 Å². The van der Waals surface area contributed by atoms with Crippen LogP contribution in [0.1, 0.15) is 43.6 Å². The van der Waals surface area contributed by atoms with Crippen LogP contribution < -0.4 is 10.1 Å². The van der Waals surface area contributed by atoms with Crippen LogP contribution in [0.4, 0.5) is 5.69 Å². The molecule has 2 aromatic rings. The third-order valence-electron chi connectivity index (χ3n) is 5.01. The highest BCUT2D eigenvalue weighted by atomic mass is 16.6. The Bertz CT molecular complexity index is 798. The molecule has 0 radical (unpaired) electrons. The van der Waals surface area contributed by atoms with Gasteiger partial charge < -0.3 is 19.5 Å². The molecule has 2 aromatic carbocycles. The van der Waals surface area contributed by atoms with Crippen LogP contribution in [0.2, 0.25) is 0 Å². The lowest BCUT2D eigenvalue weighted by molar-refractivity contribution is -0.155. The summed E-state index contributed by atoms with van der Waals surface area (Å²) in [6.45, 7) is 13.8. The van der Waals surface area contributed by atoms with E-state index in [2.05, 4.69) is 55.2 Å². The highest BCUT2D eigenvalue weighted by Gasteiger charge is 2.45. The number of ether oxygens (including phenoxy) is 3. The van der Waals surface area contributed by atoms with Gasteiger partial charge in [-0.1, -0.05) is 35.9 Å². The van der Waals surface area contributed by atoms with Crippen LogP contribution in [0.15, 0.2) is 55.1 Å². The van der Waals surface area contributed by atoms with Gasteiger partial charge in [0.25, 0.3) is 0 Å². The Morgan fingerprint density at radius 2 is 1.89 bits per heavy atom. The molecule has 0 aromatic heterocycles. The summed E-state index contributed by atoms with van der Waals surface area (Å²) in [5.74, 6) is 0.850. The number of hydrogen-bond donors (Lipinski definition) is 1. The van der Waals surface area contributed by atoms with Crippen LogP contribution in [0.25, 0.3) is 0 Å². The zero-order valence-corrected chi connectivity index (χ0v) is 17.3. The lowest BCUT2D eigenvalue weighted by Gasteiger charge is -2.44. The smallest absolute Gasteiger partial charge is 0.132 e. The number of rotatable bonds is 8. The number of fused-ring (bicyclic) bond motifs is 1. The molecular formula is C24H31NO3. The molecule has 2 atom stereocenters. The Balaban J connectivity index is 1.84. The van der Waals surface area contributed by atoms with Crippen LogP contribution >= 0.6 is 0 Å². The van der Waals surface area contributed by atoms with E-state index in [-0.39, 0.29) is 12.2 Å². The Hall–Kier alpha value is -2.30. The van der Waals surface area contributed by atoms with E-state index < -0.39 is 5.60 Å². The maximum absolute atomic E-state index is 6.27. The van der Waals surface area contributed by atoms with Gasteiger partial charge in [-0.3, -0.25) is 0 Å². The van der Waals surface area contributed by atoms with Crippen LogP contribution in [-0.4, -0.2) is 24.9 Å². The number of anilines is 1. The molecule has 0 spiro atoms. The van der Waals surface area contributed by atoms with E-state index in [1.54, 1.807) is 6.08 Å². The summed E-state index contributed by atoms with van der Waals surface area (Å²) >= 11 is 0. The summed E-state index contributed by atoms with van der Waals surface area (Å²) < 4.78 is 18.4. The SMILES string of the molecule is C=CCOC1C(OCC)c2cc(NCc3ccc(C)cc3)ccc2OC1(C)C. The fourth-order valence-electron chi connectivity index (χ4n) is 3.57. The number of hydrogen-bond acceptors (Lipinski definition) is 4. The van der Waals surface area contributed by atoms with Crippen molar-refractivity contribution >= 4 is 5.69 Å². The van der Waals surface area contributed by atoms with Crippen molar-refractivity contribution in [1.29, 1.82) is 0 Å². The van der Waals surface area contributed by atoms with Crippen LogP contribution in [-0.2, 0) is 16.0 Å². The summed E-state index contributed by atoms with van der Waals surface area (Å²) in [5, 5.41) is 3.50. The molecule has 28 heavy (non-hydrogen) atoms. The van der Waals surface area contributed by atoms with E-state index in [4.69, 9.17) is 14.2 Å². The molecule has 0 bridgehead atoms. The van der Waals surface area contributed by atoms with Gasteiger partial charge >= 0.3 is 0 Å². The predicted molar refractivity (Wildman–Crippen MR) is 114 cm³/mol. The monoisotopic (exact) mass is 381 g/mol. The van der Waals surface area contributed by atoms with Gasteiger partial charge in [0, 0.05) is 24.4 Å². The fourth-order valence-corrected chi connectivity index (χ4v) is 3.57. The minimum atomic E-state index is -0.493. The van der Waals surface area contributed by atoms with Gasteiger partial charge in [-0.05, 0) is 51.5 Å². The Kier molecular flexibility index (Phi) is 6.42. The van der Waals surface area contributed by atoms with Gasteiger partial charge in [-0.2, -0.15) is 0 Å². The summed E-state index contributed by atoms with van der Waals surface area (Å²) in [4.78, 5) is 0. The molecule has 0 saturated carbocycles. The molecule has 4 nitrogen and oxygen atoms in total. The molecule has 4 heteroatoms. The molecule has 2 unspecified atom stereocenters. The summed E-state index contributed by atoms with van der Waals surface area (Å²) in [6.07, 6.45) is 1.35. The van der Waals surface area contributed by atoms with Crippen molar-refractivity contribution in [1.82, 2.24) is 0 Å². The topological polar surface area (TPSA) is 39.7 Å². The Morgan fingerprint density at radius 1 is 1.14 bits per heavy atom. The molecule has 1 aliphatic heterocycles. The highest BCUT2D eigenvalue weighted by molar-refractivity contribution is 5.54. The van der Waals surface area contributed by atoms with Crippen molar-refractivity contribution < 1.29 is 14.2 Å². The molecule has 1 aliphatic rings. The lowest BCUT2D eigenvalue weighted by Crippen LogP contribution is -2.51. The average Bonchev–Trinajstić information content (AvgIpc) is 2.67. The summed E-state index contributed by atoms with van der Waals surface area (Å²) in [6, 6.07) is 14.7. The minimum absolute atomic E-state index is 0.190. The predicted octanol–water partition coefficient (Wildman–Crippen LogP) is 5.43. The van der Waals surface area contributed by atoms with Crippen molar-refractivity contribution in [3.8, 4) is 5.75 Å². The first-order valence-corrected chi connectivity index (χ1v) is 9.91. The molecule has 0 amide bonds. The van der Waals surface area contributed by atoms with Gasteiger partial charge in [0.2, 0.25) is 0 Å². The quantitative estimate of drug-likeness (QED) is 0.619. The Morgan fingerprint density at radius 3 is 2.57 bits per heavy atom. The summed E-state index contributed by atoms with van der Waals surface area (Å²) in [5.41, 5.74) is 4.07. The number of aryl methyl sites for hydroxylation is 1. The standard InChI is InChI=1S/C24H31NO3/c1-6-14-27-23-22(26-7-2)20-15-19(12-13-21(20)28-24(23,4)5)25-16-18-10-8-17(3)9-11-18/h6,8-13,15,22-23,25H,1,7,14,16H2,2-5H3. The first-order valence-electron chi connectivity index (χ1n) is 9.91. The van der Waals surface area contributed by atoms with Crippen LogP contribution in [0.5, 0.6) is 5.75 Å². The van der Waals surface area contributed by atoms with E-state index in [9.17, 15) is 0 Å². The molecular weight excluding hydrogens is 350 g/mol. The van der Waals surface area contributed by atoms with E-state index in [1.165, 1.54) is 11.1 Å². The molecule has 1 heterocycles. The average molecular weight is 382 g/mol. The second-order valence-electron chi connectivity index (χ2n) is 7.72.